The molecule has 0 aliphatic carbocycles. The van der Waals surface area contributed by atoms with E-state index in [0.717, 1.165) is 4.88 Å². The first-order valence-electron chi connectivity index (χ1n) is 8.85. The van der Waals surface area contributed by atoms with E-state index < -0.39 is 0 Å². The fourth-order valence-corrected chi connectivity index (χ4v) is 3.22. The molecule has 28 heavy (non-hydrogen) atoms. The van der Waals surface area contributed by atoms with Crippen LogP contribution in [0.1, 0.15) is 27.7 Å². The summed E-state index contributed by atoms with van der Waals surface area (Å²) in [6, 6.07) is 20.1. The minimum Gasteiger partial charge on any atom is -0.490 e. The Balaban J connectivity index is 1.84. The summed E-state index contributed by atoms with van der Waals surface area (Å²) in [7, 11) is 0. The lowest BCUT2D eigenvalue weighted by Crippen LogP contribution is -2.02. The Bertz CT molecular complexity index is 1000. The van der Waals surface area contributed by atoms with Gasteiger partial charge in [0.15, 0.2) is 11.5 Å². The van der Waals surface area contributed by atoms with E-state index in [1.807, 2.05) is 42.6 Å². The van der Waals surface area contributed by atoms with Crippen LogP contribution in [0.3, 0.4) is 0 Å². The van der Waals surface area contributed by atoms with Gasteiger partial charge in [0.2, 0.25) is 5.78 Å². The average Bonchev–Trinajstić information content (AvgIpc) is 3.25. The first-order valence-corrected chi connectivity index (χ1v) is 9.72. The number of carbonyl (C=O) groups is 1. The third-order valence-corrected chi connectivity index (χ3v) is 4.78. The summed E-state index contributed by atoms with van der Waals surface area (Å²) in [6.07, 6.45) is 1.57. The number of nitriles is 1. The van der Waals surface area contributed by atoms with Crippen LogP contribution in [0.25, 0.3) is 6.08 Å². The molecule has 4 nitrogen and oxygen atoms in total. The van der Waals surface area contributed by atoms with Gasteiger partial charge in [-0.25, -0.2) is 0 Å². The lowest BCUT2D eigenvalue weighted by atomic mass is 10.0. The zero-order valence-electron chi connectivity index (χ0n) is 15.4. The minimum absolute atomic E-state index is 0.0703. The quantitative estimate of drug-likeness (QED) is 0.289. The molecule has 1 aromatic heterocycles. The predicted octanol–water partition coefficient (Wildman–Crippen LogP) is 5.52. The Morgan fingerprint density at radius 3 is 2.57 bits per heavy atom. The zero-order valence-corrected chi connectivity index (χ0v) is 16.2. The van der Waals surface area contributed by atoms with Crippen molar-refractivity contribution in [3.63, 3.8) is 0 Å². The molecule has 0 bridgehead atoms. The lowest BCUT2D eigenvalue weighted by molar-refractivity contribution is 0.104. The predicted molar refractivity (Wildman–Crippen MR) is 111 cm³/mol. The average molecular weight is 389 g/mol. The topological polar surface area (TPSA) is 59.3 Å². The number of hydrogen-bond acceptors (Lipinski definition) is 5. The third kappa shape index (κ3) is 4.87. The summed E-state index contributed by atoms with van der Waals surface area (Å²) in [4.78, 5) is 13.7. The molecule has 0 fully saturated rings. The molecule has 0 N–H and O–H groups in total. The van der Waals surface area contributed by atoms with Crippen molar-refractivity contribution < 1.29 is 14.3 Å². The maximum absolute atomic E-state index is 12.5. The van der Waals surface area contributed by atoms with Crippen LogP contribution >= 0.6 is 11.3 Å². The van der Waals surface area contributed by atoms with Gasteiger partial charge >= 0.3 is 0 Å². The van der Waals surface area contributed by atoms with Crippen molar-refractivity contribution in [2.75, 3.05) is 6.61 Å². The molecule has 140 valence electrons. The van der Waals surface area contributed by atoms with Crippen LogP contribution in [-0.2, 0) is 6.61 Å². The van der Waals surface area contributed by atoms with E-state index in [2.05, 4.69) is 0 Å². The molecule has 0 amide bonds. The zero-order chi connectivity index (χ0) is 19.8. The largest absolute Gasteiger partial charge is 0.490 e. The third-order valence-electron chi connectivity index (χ3n) is 3.93. The number of ether oxygens (including phenoxy) is 2. The van der Waals surface area contributed by atoms with Gasteiger partial charge in [-0.2, -0.15) is 5.26 Å². The molecule has 1 heterocycles. The molecular weight excluding hydrogens is 370 g/mol. The summed E-state index contributed by atoms with van der Waals surface area (Å²) < 4.78 is 11.6. The van der Waals surface area contributed by atoms with Gasteiger partial charge in [0.25, 0.3) is 0 Å². The molecular formula is C23H19NO3S. The molecule has 2 aromatic carbocycles. The standard InChI is InChI=1S/C23H19NO3S/c1-2-26-22-14-17(10-11-21(22)27-16-20-9-6-12-28-20)13-19(15-24)23(25)18-7-4-3-5-8-18/h3-14H,2,16H2,1H3/b19-13+. The van der Waals surface area contributed by atoms with Crippen molar-refractivity contribution in [3.8, 4) is 17.6 Å². The molecule has 0 aliphatic rings. The van der Waals surface area contributed by atoms with Gasteiger partial charge in [0, 0.05) is 10.4 Å². The molecule has 0 saturated carbocycles. The van der Waals surface area contributed by atoms with Gasteiger partial charge in [0.1, 0.15) is 18.2 Å². The molecule has 0 spiro atoms. The first kappa shape index (κ1) is 19.4. The van der Waals surface area contributed by atoms with Crippen molar-refractivity contribution in [2.24, 2.45) is 0 Å². The molecule has 5 heteroatoms. The number of rotatable bonds is 8. The Hall–Kier alpha value is -3.36. The Kier molecular flexibility index (Phi) is 6.61. The fourth-order valence-electron chi connectivity index (χ4n) is 2.61. The van der Waals surface area contributed by atoms with Crippen LogP contribution in [0.4, 0.5) is 0 Å². The highest BCUT2D eigenvalue weighted by Crippen LogP contribution is 2.30. The van der Waals surface area contributed by atoms with Crippen LogP contribution in [0.5, 0.6) is 11.5 Å². The summed E-state index contributed by atoms with van der Waals surface area (Å²) in [5.74, 6) is 0.900. The Labute approximate surface area is 168 Å². The van der Waals surface area contributed by atoms with Crippen molar-refractivity contribution >= 4 is 23.2 Å². The van der Waals surface area contributed by atoms with Crippen LogP contribution in [0.2, 0.25) is 0 Å². The second-order valence-electron chi connectivity index (χ2n) is 5.87. The van der Waals surface area contributed by atoms with Crippen molar-refractivity contribution in [3.05, 3.63) is 87.6 Å². The van der Waals surface area contributed by atoms with Crippen molar-refractivity contribution in [1.82, 2.24) is 0 Å². The lowest BCUT2D eigenvalue weighted by Gasteiger charge is -2.12. The minimum atomic E-state index is -0.306. The van der Waals surface area contributed by atoms with Gasteiger partial charge in [-0.05, 0) is 42.1 Å². The summed E-state index contributed by atoms with van der Waals surface area (Å²) in [6.45, 7) is 2.84. The molecule has 0 aliphatic heterocycles. The first-order chi connectivity index (χ1) is 13.7. The molecule has 0 saturated heterocycles. The van der Waals surface area contributed by atoms with Crippen LogP contribution < -0.4 is 9.47 Å². The van der Waals surface area contributed by atoms with Gasteiger partial charge in [-0.1, -0.05) is 42.5 Å². The van der Waals surface area contributed by atoms with E-state index >= 15 is 0 Å². The highest BCUT2D eigenvalue weighted by molar-refractivity contribution is 7.09. The maximum atomic E-state index is 12.5. The van der Waals surface area contributed by atoms with E-state index in [4.69, 9.17) is 9.47 Å². The fraction of sp³-hybridized carbons (Fsp3) is 0.130. The summed E-state index contributed by atoms with van der Waals surface area (Å²) in [5.41, 5.74) is 1.25. The smallest absolute Gasteiger partial charge is 0.203 e. The number of hydrogen-bond donors (Lipinski definition) is 0. The van der Waals surface area contributed by atoms with Crippen molar-refractivity contribution in [1.29, 1.82) is 5.26 Å². The number of nitrogens with zero attached hydrogens (tertiary/aromatic N) is 1. The van der Waals surface area contributed by atoms with Crippen LogP contribution in [-0.4, -0.2) is 12.4 Å². The molecule has 3 aromatic rings. The molecule has 3 rings (SSSR count). The highest BCUT2D eigenvalue weighted by Gasteiger charge is 2.13. The molecule has 0 atom stereocenters. The second kappa shape index (κ2) is 9.54. The number of thiophene rings is 1. The normalized spacial score (nSPS) is 10.9. The van der Waals surface area contributed by atoms with E-state index in [9.17, 15) is 10.1 Å². The molecule has 0 radical (unpaired) electrons. The van der Waals surface area contributed by atoms with Gasteiger partial charge in [-0.3, -0.25) is 4.79 Å². The summed E-state index contributed by atoms with van der Waals surface area (Å²) >= 11 is 1.63. The number of benzene rings is 2. The summed E-state index contributed by atoms with van der Waals surface area (Å²) in [5, 5.41) is 11.4. The number of ketones is 1. The molecule has 0 unspecified atom stereocenters. The Morgan fingerprint density at radius 1 is 1.07 bits per heavy atom. The number of carbonyl (C=O) groups excluding carboxylic acids is 1. The highest BCUT2D eigenvalue weighted by atomic mass is 32.1. The van der Waals surface area contributed by atoms with Gasteiger partial charge in [-0.15, -0.1) is 11.3 Å². The number of allylic oxidation sites excluding steroid dienone is 1. The van der Waals surface area contributed by atoms with E-state index in [1.165, 1.54) is 0 Å². The monoisotopic (exact) mass is 389 g/mol. The van der Waals surface area contributed by atoms with E-state index in [1.54, 1.807) is 53.8 Å². The van der Waals surface area contributed by atoms with E-state index in [-0.39, 0.29) is 11.4 Å². The van der Waals surface area contributed by atoms with Gasteiger partial charge < -0.3 is 9.47 Å². The van der Waals surface area contributed by atoms with Crippen molar-refractivity contribution in [2.45, 2.75) is 13.5 Å². The maximum Gasteiger partial charge on any atom is 0.203 e. The van der Waals surface area contributed by atoms with E-state index in [0.29, 0.717) is 35.8 Å². The second-order valence-corrected chi connectivity index (χ2v) is 6.90. The SMILES string of the molecule is CCOc1cc(/C=C(\C#N)C(=O)c2ccccc2)ccc1OCc1cccs1. The van der Waals surface area contributed by atoms with Crippen LogP contribution in [0, 0.1) is 11.3 Å². The van der Waals surface area contributed by atoms with Crippen LogP contribution in [0.15, 0.2) is 71.6 Å². The Morgan fingerprint density at radius 2 is 1.89 bits per heavy atom. The van der Waals surface area contributed by atoms with Gasteiger partial charge in [0.05, 0.1) is 6.61 Å². The number of Topliss-reactive ketones (excluding diaryl/α,β-unsaturated/α-hetero) is 1.